The summed E-state index contributed by atoms with van der Waals surface area (Å²) in [7, 11) is -3.29. The molecule has 0 radical (unpaired) electrons. The smallest absolute Gasteiger partial charge is 0.177 e. The number of aromatic nitrogens is 2. The lowest BCUT2D eigenvalue weighted by molar-refractivity contribution is 0.600. The summed E-state index contributed by atoms with van der Waals surface area (Å²) in [4.78, 5) is 4.70. The van der Waals surface area contributed by atoms with E-state index in [2.05, 4.69) is 11.9 Å². The third kappa shape index (κ3) is 2.99. The number of imidazole rings is 1. The standard InChI is InChI=1S/C14H19ClN2O2S/c1-3-4-5-9-17-11-7-6-8-12(20(2,18)19)14(11)16-13(17)10-15/h6-8H,3-5,9-10H2,1-2H3. The summed E-state index contributed by atoms with van der Waals surface area (Å²) in [5.74, 6) is 1.01. The molecule has 0 unspecified atom stereocenters. The summed E-state index contributed by atoms with van der Waals surface area (Å²) < 4.78 is 25.7. The van der Waals surface area contributed by atoms with Gasteiger partial charge in [-0.25, -0.2) is 13.4 Å². The molecular weight excluding hydrogens is 296 g/mol. The van der Waals surface area contributed by atoms with Crippen LogP contribution < -0.4 is 0 Å². The number of unbranched alkanes of at least 4 members (excludes halogenated alkanes) is 2. The molecule has 0 atom stereocenters. The highest BCUT2D eigenvalue weighted by atomic mass is 35.5. The van der Waals surface area contributed by atoms with Crippen LogP contribution in [0.2, 0.25) is 0 Å². The molecule has 110 valence electrons. The van der Waals surface area contributed by atoms with E-state index in [1.807, 2.05) is 10.6 Å². The summed E-state index contributed by atoms with van der Waals surface area (Å²) in [6.07, 6.45) is 4.51. The first kappa shape index (κ1) is 15.3. The highest BCUT2D eigenvalue weighted by Gasteiger charge is 2.17. The van der Waals surface area contributed by atoms with E-state index in [9.17, 15) is 8.42 Å². The maximum absolute atomic E-state index is 11.8. The number of fused-ring (bicyclic) bond motifs is 1. The summed E-state index contributed by atoms with van der Waals surface area (Å²) in [5, 5.41) is 0. The van der Waals surface area contributed by atoms with Crippen LogP contribution in [-0.4, -0.2) is 24.2 Å². The molecule has 0 aliphatic carbocycles. The van der Waals surface area contributed by atoms with Crippen LogP contribution in [0.25, 0.3) is 11.0 Å². The van der Waals surface area contributed by atoms with E-state index in [-0.39, 0.29) is 10.8 Å². The second-order valence-electron chi connectivity index (χ2n) is 4.92. The largest absolute Gasteiger partial charge is 0.327 e. The molecule has 0 aliphatic rings. The third-order valence-corrected chi connectivity index (χ3v) is 4.69. The minimum atomic E-state index is -3.29. The van der Waals surface area contributed by atoms with E-state index in [1.165, 1.54) is 6.26 Å². The van der Waals surface area contributed by atoms with Crippen LogP contribution in [0, 0.1) is 0 Å². The van der Waals surface area contributed by atoms with Gasteiger partial charge in [0.15, 0.2) is 9.84 Å². The first-order valence-electron chi connectivity index (χ1n) is 6.73. The predicted octanol–water partition coefficient (Wildman–Crippen LogP) is 3.37. The van der Waals surface area contributed by atoms with Crippen LogP contribution in [0.3, 0.4) is 0 Å². The van der Waals surface area contributed by atoms with E-state index >= 15 is 0 Å². The number of aryl methyl sites for hydroxylation is 1. The number of hydrogen-bond acceptors (Lipinski definition) is 3. The van der Waals surface area contributed by atoms with Crippen LogP contribution in [-0.2, 0) is 22.3 Å². The van der Waals surface area contributed by atoms with Crippen molar-refractivity contribution in [3.05, 3.63) is 24.0 Å². The van der Waals surface area contributed by atoms with Gasteiger partial charge in [0.2, 0.25) is 0 Å². The van der Waals surface area contributed by atoms with Crippen molar-refractivity contribution >= 4 is 32.5 Å². The Balaban J connectivity index is 2.57. The molecule has 1 aromatic carbocycles. The molecule has 0 saturated carbocycles. The quantitative estimate of drug-likeness (QED) is 0.607. The molecule has 0 spiro atoms. The van der Waals surface area contributed by atoms with Crippen LogP contribution in [0.5, 0.6) is 0 Å². The van der Waals surface area contributed by atoms with Crippen LogP contribution >= 0.6 is 11.6 Å². The maximum atomic E-state index is 11.8. The topological polar surface area (TPSA) is 52.0 Å². The lowest BCUT2D eigenvalue weighted by Crippen LogP contribution is -2.02. The van der Waals surface area contributed by atoms with Gasteiger partial charge in [0.1, 0.15) is 11.3 Å². The van der Waals surface area contributed by atoms with Gasteiger partial charge in [-0.05, 0) is 18.6 Å². The molecule has 0 amide bonds. The second-order valence-corrected chi connectivity index (χ2v) is 7.17. The van der Waals surface area contributed by atoms with Gasteiger partial charge in [0.05, 0.1) is 16.3 Å². The minimum absolute atomic E-state index is 0.274. The first-order valence-corrected chi connectivity index (χ1v) is 9.15. The summed E-state index contributed by atoms with van der Waals surface area (Å²) in [5.41, 5.74) is 1.38. The molecule has 4 nitrogen and oxygen atoms in total. The fourth-order valence-electron chi connectivity index (χ4n) is 2.34. The lowest BCUT2D eigenvalue weighted by atomic mass is 10.2. The van der Waals surface area contributed by atoms with Gasteiger partial charge in [-0.15, -0.1) is 11.6 Å². The predicted molar refractivity (Wildman–Crippen MR) is 81.9 cm³/mol. The van der Waals surface area contributed by atoms with Gasteiger partial charge in [0, 0.05) is 12.8 Å². The monoisotopic (exact) mass is 314 g/mol. The van der Waals surface area contributed by atoms with Crippen LogP contribution in [0.15, 0.2) is 23.1 Å². The Kier molecular flexibility index (Phi) is 4.70. The lowest BCUT2D eigenvalue weighted by Gasteiger charge is -2.07. The Morgan fingerprint density at radius 1 is 1.30 bits per heavy atom. The van der Waals surface area contributed by atoms with E-state index in [1.54, 1.807) is 12.1 Å². The van der Waals surface area contributed by atoms with Gasteiger partial charge in [0.25, 0.3) is 0 Å². The summed E-state index contributed by atoms with van der Waals surface area (Å²) in [6.45, 7) is 2.97. The van der Waals surface area contributed by atoms with Crippen LogP contribution in [0.1, 0.15) is 32.0 Å². The Hall–Kier alpha value is -1.07. The zero-order valence-electron chi connectivity index (χ0n) is 11.8. The number of alkyl halides is 1. The van der Waals surface area contributed by atoms with Crippen molar-refractivity contribution in [2.45, 2.75) is 43.5 Å². The number of sulfone groups is 1. The van der Waals surface area contributed by atoms with Gasteiger partial charge in [-0.1, -0.05) is 25.8 Å². The van der Waals surface area contributed by atoms with Gasteiger partial charge in [-0.3, -0.25) is 0 Å². The Bertz CT molecular complexity index is 707. The molecule has 20 heavy (non-hydrogen) atoms. The van der Waals surface area contributed by atoms with E-state index in [0.717, 1.165) is 37.1 Å². The molecule has 0 bridgehead atoms. The van der Waals surface area contributed by atoms with Crippen molar-refractivity contribution in [3.8, 4) is 0 Å². The average molecular weight is 315 g/mol. The van der Waals surface area contributed by atoms with Crippen molar-refractivity contribution in [2.75, 3.05) is 6.26 Å². The van der Waals surface area contributed by atoms with Crippen molar-refractivity contribution in [2.24, 2.45) is 0 Å². The number of nitrogens with zero attached hydrogens (tertiary/aromatic N) is 2. The summed E-state index contributed by atoms with van der Waals surface area (Å²) >= 11 is 5.95. The third-order valence-electron chi connectivity index (χ3n) is 3.33. The van der Waals surface area contributed by atoms with Crippen molar-refractivity contribution in [1.29, 1.82) is 0 Å². The van der Waals surface area contributed by atoms with E-state index in [4.69, 9.17) is 11.6 Å². The molecule has 1 aromatic heterocycles. The minimum Gasteiger partial charge on any atom is -0.327 e. The van der Waals surface area contributed by atoms with Crippen molar-refractivity contribution < 1.29 is 8.42 Å². The zero-order valence-corrected chi connectivity index (χ0v) is 13.3. The fourth-order valence-corrected chi connectivity index (χ4v) is 3.37. The Morgan fingerprint density at radius 2 is 2.05 bits per heavy atom. The Morgan fingerprint density at radius 3 is 2.65 bits per heavy atom. The zero-order chi connectivity index (χ0) is 14.8. The molecule has 6 heteroatoms. The van der Waals surface area contributed by atoms with Gasteiger partial charge in [-0.2, -0.15) is 0 Å². The SMILES string of the molecule is CCCCCn1c(CCl)nc2c(S(C)(=O)=O)cccc21. The number of para-hydroxylation sites is 1. The van der Waals surface area contributed by atoms with Crippen molar-refractivity contribution in [3.63, 3.8) is 0 Å². The number of hydrogen-bond donors (Lipinski definition) is 0. The number of rotatable bonds is 6. The molecule has 2 rings (SSSR count). The Labute approximate surface area is 124 Å². The molecule has 1 heterocycles. The molecule has 2 aromatic rings. The van der Waals surface area contributed by atoms with E-state index < -0.39 is 9.84 Å². The van der Waals surface area contributed by atoms with Crippen molar-refractivity contribution in [1.82, 2.24) is 9.55 Å². The fraction of sp³-hybridized carbons (Fsp3) is 0.500. The molecule has 0 N–H and O–H groups in total. The summed E-state index contributed by atoms with van der Waals surface area (Å²) in [6, 6.07) is 5.26. The number of benzene rings is 1. The molecular formula is C14H19ClN2O2S. The number of halogens is 1. The highest BCUT2D eigenvalue weighted by molar-refractivity contribution is 7.91. The van der Waals surface area contributed by atoms with E-state index in [0.29, 0.717) is 5.52 Å². The van der Waals surface area contributed by atoms with Gasteiger partial charge < -0.3 is 4.57 Å². The normalized spacial score (nSPS) is 12.2. The van der Waals surface area contributed by atoms with Crippen LogP contribution in [0.4, 0.5) is 0 Å². The molecule has 0 fully saturated rings. The van der Waals surface area contributed by atoms with Gasteiger partial charge >= 0.3 is 0 Å². The average Bonchev–Trinajstić information content (AvgIpc) is 2.76. The second kappa shape index (κ2) is 6.14. The molecule has 0 saturated heterocycles. The molecule has 0 aliphatic heterocycles. The maximum Gasteiger partial charge on any atom is 0.177 e. The highest BCUT2D eigenvalue weighted by Crippen LogP contribution is 2.25. The first-order chi connectivity index (χ1) is 9.49.